The molecular weight excluding hydrogens is 274 g/mol. The van der Waals surface area contributed by atoms with Gasteiger partial charge in [-0.3, -0.25) is 4.79 Å². The van der Waals surface area contributed by atoms with Crippen LogP contribution in [0.4, 0.5) is 0 Å². The summed E-state index contributed by atoms with van der Waals surface area (Å²) in [5.41, 5.74) is 4.46. The van der Waals surface area contributed by atoms with E-state index in [0.717, 1.165) is 0 Å². The standard InChI is InChI=1S/C13H11N5O3/c19-13(8-4-2-1-3-5-8)15-14-11-9(16-20)6-7-10-12(11)18-21-17-10/h1-5,20H,6-7H2,(H,15,19)/b14-11+,16-9+. The predicted molar refractivity (Wildman–Crippen MR) is 72.3 cm³/mol. The molecule has 0 atom stereocenters. The van der Waals surface area contributed by atoms with Crippen LogP contribution >= 0.6 is 0 Å². The second-order valence-corrected chi connectivity index (χ2v) is 4.37. The molecule has 2 N–H and O–H groups in total. The van der Waals surface area contributed by atoms with Gasteiger partial charge in [0.1, 0.15) is 17.1 Å². The number of hydrogen-bond donors (Lipinski definition) is 2. The lowest BCUT2D eigenvalue weighted by atomic mass is 9.97. The van der Waals surface area contributed by atoms with Crippen molar-refractivity contribution in [3.8, 4) is 0 Å². The first-order valence-electron chi connectivity index (χ1n) is 6.26. The van der Waals surface area contributed by atoms with Crippen molar-refractivity contribution in [3.63, 3.8) is 0 Å². The number of hydrazone groups is 1. The van der Waals surface area contributed by atoms with Crippen molar-refractivity contribution in [3.05, 3.63) is 47.3 Å². The molecular formula is C13H11N5O3. The first kappa shape index (κ1) is 13.0. The van der Waals surface area contributed by atoms with E-state index in [-0.39, 0.29) is 11.6 Å². The molecule has 0 bridgehead atoms. The zero-order valence-electron chi connectivity index (χ0n) is 10.9. The maximum Gasteiger partial charge on any atom is 0.271 e. The van der Waals surface area contributed by atoms with E-state index in [1.165, 1.54) is 0 Å². The Hall–Kier alpha value is -3.03. The van der Waals surface area contributed by atoms with E-state index in [4.69, 9.17) is 5.21 Å². The summed E-state index contributed by atoms with van der Waals surface area (Å²) >= 11 is 0. The summed E-state index contributed by atoms with van der Waals surface area (Å²) in [6.45, 7) is 0. The number of benzene rings is 1. The fourth-order valence-electron chi connectivity index (χ4n) is 2.02. The first-order chi connectivity index (χ1) is 10.3. The third-order valence-electron chi connectivity index (χ3n) is 3.08. The summed E-state index contributed by atoms with van der Waals surface area (Å²) in [4.78, 5) is 12.0. The number of fused-ring (bicyclic) bond motifs is 1. The lowest BCUT2D eigenvalue weighted by Crippen LogP contribution is -2.28. The number of oxime groups is 1. The van der Waals surface area contributed by atoms with Gasteiger partial charge in [-0.25, -0.2) is 10.1 Å². The highest BCUT2D eigenvalue weighted by Gasteiger charge is 2.27. The molecule has 1 heterocycles. The van der Waals surface area contributed by atoms with E-state index in [2.05, 4.69) is 30.6 Å². The van der Waals surface area contributed by atoms with Crippen LogP contribution in [0.25, 0.3) is 0 Å². The Bertz CT molecular complexity index is 720. The highest BCUT2D eigenvalue weighted by Crippen LogP contribution is 2.16. The van der Waals surface area contributed by atoms with Crippen molar-refractivity contribution in [1.29, 1.82) is 0 Å². The third-order valence-corrected chi connectivity index (χ3v) is 3.08. The number of aryl methyl sites for hydroxylation is 1. The average molecular weight is 285 g/mol. The largest absolute Gasteiger partial charge is 0.411 e. The van der Waals surface area contributed by atoms with Gasteiger partial charge in [-0.2, -0.15) is 5.10 Å². The molecule has 1 aromatic heterocycles. The van der Waals surface area contributed by atoms with Gasteiger partial charge < -0.3 is 5.21 Å². The molecule has 1 amide bonds. The average Bonchev–Trinajstić information content (AvgIpc) is 3.01. The van der Waals surface area contributed by atoms with E-state index in [1.54, 1.807) is 24.3 Å². The Kier molecular flexibility index (Phi) is 3.42. The minimum absolute atomic E-state index is 0.254. The van der Waals surface area contributed by atoms with E-state index in [1.807, 2.05) is 6.07 Å². The van der Waals surface area contributed by atoms with Crippen LogP contribution in [0.2, 0.25) is 0 Å². The summed E-state index contributed by atoms with van der Waals surface area (Å²) < 4.78 is 4.65. The van der Waals surface area contributed by atoms with Crippen LogP contribution in [0.5, 0.6) is 0 Å². The maximum absolute atomic E-state index is 12.0. The monoisotopic (exact) mass is 285 g/mol. The molecule has 0 saturated heterocycles. The summed E-state index contributed by atoms with van der Waals surface area (Å²) in [6.07, 6.45) is 0.988. The van der Waals surface area contributed by atoms with Crippen molar-refractivity contribution in [1.82, 2.24) is 15.7 Å². The topological polar surface area (TPSA) is 113 Å². The zero-order valence-corrected chi connectivity index (χ0v) is 10.9. The van der Waals surface area contributed by atoms with Crippen molar-refractivity contribution in [2.75, 3.05) is 0 Å². The molecule has 3 rings (SSSR count). The molecule has 106 valence electrons. The van der Waals surface area contributed by atoms with Crippen LogP contribution in [0.15, 0.2) is 45.2 Å². The summed E-state index contributed by atoms with van der Waals surface area (Å²) in [7, 11) is 0. The molecule has 0 aliphatic heterocycles. The number of nitrogens with zero attached hydrogens (tertiary/aromatic N) is 4. The van der Waals surface area contributed by atoms with E-state index >= 15 is 0 Å². The van der Waals surface area contributed by atoms with Gasteiger partial charge in [-0.15, -0.1) is 0 Å². The predicted octanol–water partition coefficient (Wildman–Crippen LogP) is 0.980. The highest BCUT2D eigenvalue weighted by molar-refractivity contribution is 6.48. The van der Waals surface area contributed by atoms with Crippen molar-refractivity contribution in [2.45, 2.75) is 12.8 Å². The van der Waals surface area contributed by atoms with Gasteiger partial charge in [-0.1, -0.05) is 28.5 Å². The lowest BCUT2D eigenvalue weighted by molar-refractivity contribution is 0.0955. The highest BCUT2D eigenvalue weighted by atomic mass is 16.6. The number of amides is 1. The third kappa shape index (κ3) is 2.50. The quantitative estimate of drug-likeness (QED) is 0.630. The smallest absolute Gasteiger partial charge is 0.271 e. The van der Waals surface area contributed by atoms with Gasteiger partial charge in [0, 0.05) is 18.4 Å². The number of carbonyl (C=O) groups excluding carboxylic acids is 1. The molecule has 0 spiro atoms. The van der Waals surface area contributed by atoms with Crippen molar-refractivity contribution >= 4 is 17.3 Å². The number of aromatic nitrogens is 2. The summed E-state index contributed by atoms with van der Waals surface area (Å²) in [5, 5.41) is 23.7. The number of rotatable bonds is 2. The van der Waals surface area contributed by atoms with E-state index in [0.29, 0.717) is 35.5 Å². The molecule has 8 heteroatoms. The second kappa shape index (κ2) is 5.53. The van der Waals surface area contributed by atoms with Gasteiger partial charge in [-0.05, 0) is 17.3 Å². The summed E-state index contributed by atoms with van der Waals surface area (Å²) in [6, 6.07) is 8.65. The maximum atomic E-state index is 12.0. The molecule has 21 heavy (non-hydrogen) atoms. The SMILES string of the molecule is O=C(N/N=C1\C(=N\O)CCc2nonc21)c1ccccc1. The van der Waals surface area contributed by atoms with E-state index < -0.39 is 0 Å². The molecule has 1 aliphatic rings. The fourth-order valence-corrected chi connectivity index (χ4v) is 2.02. The molecule has 0 radical (unpaired) electrons. The number of carbonyl (C=O) groups is 1. The molecule has 0 fully saturated rings. The summed E-state index contributed by atoms with van der Waals surface area (Å²) in [5.74, 6) is -0.371. The lowest BCUT2D eigenvalue weighted by Gasteiger charge is -2.11. The Morgan fingerprint density at radius 3 is 2.81 bits per heavy atom. The zero-order chi connectivity index (χ0) is 14.7. The molecule has 1 aromatic carbocycles. The normalized spacial score (nSPS) is 17.7. The van der Waals surface area contributed by atoms with Gasteiger partial charge >= 0.3 is 0 Å². The Labute approximate surface area is 119 Å². The van der Waals surface area contributed by atoms with Gasteiger partial charge in [0.25, 0.3) is 5.91 Å². The van der Waals surface area contributed by atoms with E-state index in [9.17, 15) is 4.79 Å². The molecule has 0 unspecified atom stereocenters. The van der Waals surface area contributed by atoms with Crippen LogP contribution in [-0.4, -0.2) is 32.9 Å². The minimum Gasteiger partial charge on any atom is -0.411 e. The molecule has 1 aliphatic carbocycles. The van der Waals surface area contributed by atoms with Crippen LogP contribution in [0, 0.1) is 0 Å². The molecule has 8 nitrogen and oxygen atoms in total. The number of hydrogen-bond acceptors (Lipinski definition) is 7. The van der Waals surface area contributed by atoms with Gasteiger partial charge in [0.15, 0.2) is 5.69 Å². The Morgan fingerprint density at radius 1 is 1.24 bits per heavy atom. The second-order valence-electron chi connectivity index (χ2n) is 4.37. The first-order valence-corrected chi connectivity index (χ1v) is 6.26. The molecule has 2 aromatic rings. The van der Waals surface area contributed by atoms with Gasteiger partial charge in [0.05, 0.1) is 0 Å². The van der Waals surface area contributed by atoms with Crippen LogP contribution < -0.4 is 5.43 Å². The fraction of sp³-hybridized carbons (Fsp3) is 0.154. The molecule has 0 saturated carbocycles. The van der Waals surface area contributed by atoms with Crippen molar-refractivity contribution < 1.29 is 14.6 Å². The number of nitrogens with one attached hydrogen (secondary N) is 1. The van der Waals surface area contributed by atoms with Crippen LogP contribution in [-0.2, 0) is 6.42 Å². The van der Waals surface area contributed by atoms with Gasteiger partial charge in [0.2, 0.25) is 0 Å². The minimum atomic E-state index is -0.371. The van der Waals surface area contributed by atoms with Crippen LogP contribution in [0.1, 0.15) is 28.2 Å². The Morgan fingerprint density at radius 2 is 2.05 bits per heavy atom. The van der Waals surface area contributed by atoms with Crippen molar-refractivity contribution in [2.24, 2.45) is 10.3 Å². The van der Waals surface area contributed by atoms with Crippen LogP contribution in [0.3, 0.4) is 0 Å². The Balaban J connectivity index is 1.87.